The highest BCUT2D eigenvalue weighted by Gasteiger charge is 2.44. The average Bonchev–Trinajstić information content (AvgIpc) is 3.15. The molecule has 0 bridgehead atoms. The maximum absolute atomic E-state index is 9.72. The number of aromatic nitrogens is 3. The Morgan fingerprint density at radius 3 is 2.67 bits per heavy atom. The average molecular weight is 412 g/mol. The predicted molar refractivity (Wildman–Crippen MR) is 109 cm³/mol. The van der Waals surface area contributed by atoms with Crippen molar-refractivity contribution in [3.63, 3.8) is 0 Å². The molecule has 0 aromatic carbocycles. The molecule has 1 saturated heterocycles. The Balaban J connectivity index is 1.92. The van der Waals surface area contributed by atoms with E-state index in [0.717, 1.165) is 12.8 Å². The van der Waals surface area contributed by atoms with Gasteiger partial charge in [0.1, 0.15) is 23.4 Å². The van der Waals surface area contributed by atoms with E-state index in [1.54, 1.807) is 0 Å². The van der Waals surface area contributed by atoms with E-state index < -0.39 is 8.32 Å². The monoisotopic (exact) mass is 411 g/mol. The van der Waals surface area contributed by atoms with Crippen LogP contribution >= 0.6 is 11.6 Å². The molecule has 0 saturated carbocycles. The van der Waals surface area contributed by atoms with Crippen molar-refractivity contribution < 1.29 is 14.3 Å². The number of rotatable bonds is 5. The molecule has 3 atom stereocenters. The zero-order valence-corrected chi connectivity index (χ0v) is 18.7. The Morgan fingerprint density at radius 2 is 2.07 bits per heavy atom. The number of hydrogen-bond donors (Lipinski definition) is 1. The molecule has 1 N–H and O–H groups in total. The first kappa shape index (κ1) is 20.7. The van der Waals surface area contributed by atoms with Crippen molar-refractivity contribution in [1.82, 2.24) is 14.5 Å². The quantitative estimate of drug-likeness (QED) is 0.572. The van der Waals surface area contributed by atoms with Gasteiger partial charge in [0.05, 0.1) is 24.2 Å². The van der Waals surface area contributed by atoms with Crippen LogP contribution in [0.1, 0.15) is 52.3 Å². The van der Waals surface area contributed by atoms with E-state index in [9.17, 15) is 5.11 Å². The molecular weight excluding hydrogens is 382 g/mol. The number of nitrogens with zero attached hydrogens (tertiary/aromatic N) is 3. The van der Waals surface area contributed by atoms with Crippen molar-refractivity contribution in [1.29, 1.82) is 0 Å². The number of aliphatic hydroxyl groups is 1. The topological polar surface area (TPSA) is 69.4 Å². The predicted octanol–water partition coefficient (Wildman–Crippen LogP) is 4.66. The second kappa shape index (κ2) is 7.44. The zero-order valence-electron chi connectivity index (χ0n) is 17.0. The van der Waals surface area contributed by atoms with E-state index in [2.05, 4.69) is 50.8 Å². The second-order valence-electron chi connectivity index (χ2n) is 8.77. The van der Waals surface area contributed by atoms with Gasteiger partial charge in [0, 0.05) is 18.2 Å². The third-order valence-electron chi connectivity index (χ3n) is 5.96. The molecule has 1 aliphatic rings. The van der Waals surface area contributed by atoms with Crippen LogP contribution in [0.4, 0.5) is 0 Å². The lowest BCUT2D eigenvalue weighted by Crippen LogP contribution is -2.45. The lowest BCUT2D eigenvalue weighted by atomic mass is 10.1. The fourth-order valence-electron chi connectivity index (χ4n) is 3.37. The maximum atomic E-state index is 9.72. The number of fused-ring (bicyclic) bond motifs is 1. The number of halogens is 1. The van der Waals surface area contributed by atoms with Crippen molar-refractivity contribution in [2.75, 3.05) is 0 Å². The van der Waals surface area contributed by atoms with E-state index in [-0.39, 0.29) is 30.1 Å². The van der Waals surface area contributed by atoms with Crippen molar-refractivity contribution in [2.24, 2.45) is 0 Å². The van der Waals surface area contributed by atoms with Gasteiger partial charge < -0.3 is 18.8 Å². The molecule has 1 aliphatic heterocycles. The largest absolute Gasteiger partial charge is 0.411 e. The summed E-state index contributed by atoms with van der Waals surface area (Å²) in [6, 6.07) is 0. The molecule has 2 aromatic heterocycles. The molecule has 1 fully saturated rings. The van der Waals surface area contributed by atoms with E-state index in [0.29, 0.717) is 21.7 Å². The summed E-state index contributed by atoms with van der Waals surface area (Å²) in [6.45, 7) is 13.3. The van der Waals surface area contributed by atoms with Gasteiger partial charge in [0.25, 0.3) is 0 Å². The molecular formula is C19H30ClN3O3Si. The molecule has 2 aromatic rings. The number of hydrogen-bond acceptors (Lipinski definition) is 5. The Morgan fingerprint density at radius 1 is 1.37 bits per heavy atom. The number of aliphatic hydroxyl groups excluding tert-OH is 1. The van der Waals surface area contributed by atoms with Gasteiger partial charge in [-0.1, -0.05) is 39.3 Å². The first-order valence-corrected chi connectivity index (χ1v) is 12.8. The summed E-state index contributed by atoms with van der Waals surface area (Å²) in [5.74, 6) is 0. The molecule has 6 nitrogen and oxygen atoms in total. The van der Waals surface area contributed by atoms with E-state index >= 15 is 0 Å². The smallest absolute Gasteiger partial charge is 0.192 e. The maximum Gasteiger partial charge on any atom is 0.192 e. The highest BCUT2D eigenvalue weighted by atomic mass is 35.5. The molecule has 150 valence electrons. The summed E-state index contributed by atoms with van der Waals surface area (Å²) in [6.07, 6.45) is 4.84. The molecule has 0 radical (unpaired) electrons. The molecule has 27 heavy (non-hydrogen) atoms. The van der Waals surface area contributed by atoms with Crippen molar-refractivity contribution in [3.05, 3.63) is 23.2 Å². The lowest BCUT2D eigenvalue weighted by Gasteiger charge is -2.39. The minimum Gasteiger partial charge on any atom is -0.411 e. The van der Waals surface area contributed by atoms with Gasteiger partial charge >= 0.3 is 0 Å². The summed E-state index contributed by atoms with van der Waals surface area (Å²) < 4.78 is 15.0. The standard InChI is InChI=1S/C19H30ClN3O3Si/c1-7-13-14(26-27(5,6)19(2,3)4)8-15(25-13)23-9-12(10-24)16-17(20)21-11-22-18(16)23/h9,11,13-15,24H,7-8,10H2,1-6H3/t13-,14-,15-/m1/s1. The third kappa shape index (κ3) is 3.80. The van der Waals surface area contributed by atoms with Crippen LogP contribution in [0, 0.1) is 0 Å². The van der Waals surface area contributed by atoms with E-state index in [4.69, 9.17) is 20.8 Å². The summed E-state index contributed by atoms with van der Waals surface area (Å²) in [5.41, 5.74) is 1.40. The summed E-state index contributed by atoms with van der Waals surface area (Å²) in [4.78, 5) is 8.44. The Labute approximate surface area is 167 Å². The first-order chi connectivity index (χ1) is 12.6. The Kier molecular flexibility index (Phi) is 5.71. The highest BCUT2D eigenvalue weighted by molar-refractivity contribution is 6.74. The van der Waals surface area contributed by atoms with Gasteiger partial charge in [0.2, 0.25) is 0 Å². The highest BCUT2D eigenvalue weighted by Crippen LogP contribution is 2.42. The second-order valence-corrected chi connectivity index (χ2v) is 13.9. The minimum atomic E-state index is -1.90. The molecule has 0 unspecified atom stereocenters. The van der Waals surface area contributed by atoms with Gasteiger partial charge in [-0.25, -0.2) is 9.97 Å². The minimum absolute atomic E-state index is 0.0384. The van der Waals surface area contributed by atoms with Crippen LogP contribution in [0.2, 0.25) is 23.3 Å². The molecule has 0 spiro atoms. The van der Waals surface area contributed by atoms with Crippen LogP contribution in [0.5, 0.6) is 0 Å². The Bertz CT molecular complexity index is 818. The summed E-state index contributed by atoms with van der Waals surface area (Å²) in [7, 11) is -1.90. The molecule has 3 rings (SSSR count). The SMILES string of the molecule is CC[C@H]1O[C@@H](n2cc(CO)c3c(Cl)ncnc32)C[C@H]1O[Si](C)(C)C(C)(C)C. The van der Waals surface area contributed by atoms with Gasteiger partial charge in [-0.05, 0) is 24.6 Å². The van der Waals surface area contributed by atoms with E-state index in [1.807, 2.05) is 10.8 Å². The molecule has 3 heterocycles. The van der Waals surface area contributed by atoms with Gasteiger partial charge in [-0.3, -0.25) is 0 Å². The van der Waals surface area contributed by atoms with Crippen LogP contribution in [-0.2, 0) is 15.8 Å². The first-order valence-electron chi connectivity index (χ1n) is 9.53. The zero-order chi connectivity index (χ0) is 20.0. The van der Waals surface area contributed by atoms with Gasteiger partial charge in [0.15, 0.2) is 8.32 Å². The van der Waals surface area contributed by atoms with Crippen LogP contribution in [-0.4, -0.2) is 40.2 Å². The fraction of sp³-hybridized carbons (Fsp3) is 0.684. The molecule has 0 aliphatic carbocycles. The van der Waals surface area contributed by atoms with Crippen molar-refractivity contribution >= 4 is 31.0 Å². The van der Waals surface area contributed by atoms with Crippen LogP contribution < -0.4 is 0 Å². The molecule has 0 amide bonds. The fourth-order valence-corrected chi connectivity index (χ4v) is 4.98. The molecule has 8 heteroatoms. The van der Waals surface area contributed by atoms with Crippen LogP contribution in [0.15, 0.2) is 12.5 Å². The van der Waals surface area contributed by atoms with Gasteiger partial charge in [-0.15, -0.1) is 0 Å². The lowest BCUT2D eigenvalue weighted by molar-refractivity contribution is -0.0160. The van der Waals surface area contributed by atoms with Crippen LogP contribution in [0.3, 0.4) is 0 Å². The summed E-state index contributed by atoms with van der Waals surface area (Å²) in [5, 5.41) is 10.9. The third-order valence-corrected chi connectivity index (χ3v) is 10.7. The summed E-state index contributed by atoms with van der Waals surface area (Å²) >= 11 is 6.25. The van der Waals surface area contributed by atoms with Crippen molar-refractivity contribution in [2.45, 2.75) is 83.7 Å². The van der Waals surface area contributed by atoms with Crippen LogP contribution in [0.25, 0.3) is 11.0 Å². The normalized spacial score (nSPS) is 24.1. The Hall–Kier alpha value is -0.993. The number of ether oxygens (including phenoxy) is 1. The van der Waals surface area contributed by atoms with Gasteiger partial charge in [-0.2, -0.15) is 0 Å². The van der Waals surface area contributed by atoms with Crippen molar-refractivity contribution in [3.8, 4) is 0 Å². The van der Waals surface area contributed by atoms with E-state index in [1.165, 1.54) is 6.33 Å².